The van der Waals surface area contributed by atoms with E-state index in [-0.39, 0.29) is 41.8 Å². The number of likely N-dealkylation sites (N-methyl/N-ethyl adjacent to an activating group) is 1. The van der Waals surface area contributed by atoms with E-state index in [1.807, 2.05) is 12.1 Å². The van der Waals surface area contributed by atoms with Crippen LogP contribution in [0.5, 0.6) is 11.5 Å². The van der Waals surface area contributed by atoms with Gasteiger partial charge < -0.3 is 19.1 Å². The molecule has 7 heteroatoms. The number of carbonyl (C=O) groups excluding carboxylic acids is 2. The Morgan fingerprint density at radius 2 is 2.00 bits per heavy atom. The summed E-state index contributed by atoms with van der Waals surface area (Å²) in [6, 6.07) is 4.28. The molecule has 0 radical (unpaired) electrons. The number of hydrogen-bond donors (Lipinski definition) is 0. The first-order valence-corrected chi connectivity index (χ1v) is 9.49. The molecule has 1 aromatic carbocycles. The van der Waals surface area contributed by atoms with Crippen molar-refractivity contribution < 1.29 is 23.8 Å². The minimum Gasteiger partial charge on any atom is -0.481 e. The largest absolute Gasteiger partial charge is 0.481 e. The van der Waals surface area contributed by atoms with Crippen molar-refractivity contribution >= 4 is 24.3 Å². The van der Waals surface area contributed by atoms with Crippen LogP contribution in [0, 0.1) is 5.92 Å². The molecule has 2 aliphatic carbocycles. The Balaban J connectivity index is 0.00000192. The van der Waals surface area contributed by atoms with Gasteiger partial charge in [0.15, 0.2) is 17.6 Å². The molecule has 0 aromatic heterocycles. The van der Waals surface area contributed by atoms with E-state index in [4.69, 9.17) is 14.2 Å². The number of hydrogen-bond acceptors (Lipinski definition) is 6. The molecule has 1 saturated heterocycles. The van der Waals surface area contributed by atoms with Crippen LogP contribution in [0.25, 0.3) is 0 Å². The Morgan fingerprint density at radius 1 is 1.21 bits per heavy atom. The summed E-state index contributed by atoms with van der Waals surface area (Å²) in [4.78, 5) is 25.7. The molecule has 6 nitrogen and oxygen atoms in total. The Bertz CT molecular complexity index is 884. The van der Waals surface area contributed by atoms with Crippen LogP contribution in [-0.4, -0.2) is 48.7 Å². The molecule has 2 aliphatic heterocycles. The standard InChI is InChI=1S/C21H23NO5.ClH/c1-11(23)25-16-6-4-13-10-15-14-5-7-17(26-12(2)24)20-21(14,8-9-22(15)3)18(13)19(16)27-20;/h4-7,14-15,17,20H,8-10H2,1-3H3;1H/t14-,15+,17?,20?,21-;/m0./s1. The number of carbonyl (C=O) groups is 2. The fourth-order valence-corrected chi connectivity index (χ4v) is 5.74. The highest BCUT2D eigenvalue weighted by atomic mass is 35.5. The summed E-state index contributed by atoms with van der Waals surface area (Å²) in [5.74, 6) is 0.712. The Labute approximate surface area is 170 Å². The number of likely N-dealkylation sites (tertiary alicyclic amines) is 1. The van der Waals surface area contributed by atoms with Crippen LogP contribution in [-0.2, 0) is 26.2 Å². The third-order valence-electron chi connectivity index (χ3n) is 6.67. The van der Waals surface area contributed by atoms with Crippen LogP contribution in [0.3, 0.4) is 0 Å². The Hall–Kier alpha value is -2.05. The van der Waals surface area contributed by atoms with E-state index >= 15 is 0 Å². The second-order valence-electron chi connectivity index (χ2n) is 8.09. The molecule has 0 N–H and O–H groups in total. The van der Waals surface area contributed by atoms with Crippen molar-refractivity contribution in [2.45, 2.75) is 50.4 Å². The van der Waals surface area contributed by atoms with E-state index in [1.54, 1.807) is 0 Å². The van der Waals surface area contributed by atoms with E-state index < -0.39 is 6.10 Å². The zero-order valence-corrected chi connectivity index (χ0v) is 17.0. The van der Waals surface area contributed by atoms with Crippen molar-refractivity contribution in [3.05, 3.63) is 35.4 Å². The van der Waals surface area contributed by atoms with Crippen LogP contribution < -0.4 is 9.47 Å². The highest BCUT2D eigenvalue weighted by Crippen LogP contribution is 2.62. The van der Waals surface area contributed by atoms with E-state index in [2.05, 4.69) is 24.1 Å². The van der Waals surface area contributed by atoms with Gasteiger partial charge in [0.25, 0.3) is 0 Å². The van der Waals surface area contributed by atoms with Gasteiger partial charge in [0, 0.05) is 36.8 Å². The maximum Gasteiger partial charge on any atom is 0.308 e. The van der Waals surface area contributed by atoms with E-state index in [0.717, 1.165) is 24.9 Å². The first-order valence-electron chi connectivity index (χ1n) is 9.49. The van der Waals surface area contributed by atoms with Crippen molar-refractivity contribution in [2.24, 2.45) is 5.92 Å². The van der Waals surface area contributed by atoms with Crippen molar-refractivity contribution in [1.29, 1.82) is 0 Å². The number of esters is 2. The molecule has 5 atom stereocenters. The molecule has 2 unspecified atom stereocenters. The molecule has 2 bridgehead atoms. The Kier molecular flexibility index (Phi) is 4.47. The van der Waals surface area contributed by atoms with Crippen molar-refractivity contribution in [2.75, 3.05) is 13.6 Å². The molecule has 4 aliphatic rings. The van der Waals surface area contributed by atoms with E-state index in [0.29, 0.717) is 17.5 Å². The summed E-state index contributed by atoms with van der Waals surface area (Å²) in [7, 11) is 2.17. The monoisotopic (exact) mass is 405 g/mol. The highest BCUT2D eigenvalue weighted by molar-refractivity contribution is 5.85. The summed E-state index contributed by atoms with van der Waals surface area (Å²) in [5, 5.41) is 0. The lowest BCUT2D eigenvalue weighted by Crippen LogP contribution is -2.65. The lowest BCUT2D eigenvalue weighted by molar-refractivity contribution is -0.152. The van der Waals surface area contributed by atoms with Crippen LogP contribution >= 0.6 is 12.4 Å². The quantitative estimate of drug-likeness (QED) is 0.427. The van der Waals surface area contributed by atoms with Crippen molar-refractivity contribution in [3.63, 3.8) is 0 Å². The lowest BCUT2D eigenvalue weighted by Gasteiger charge is -2.56. The minimum atomic E-state index is -0.439. The summed E-state index contributed by atoms with van der Waals surface area (Å²) in [6.45, 7) is 3.77. The van der Waals surface area contributed by atoms with Gasteiger partial charge in [0.05, 0.1) is 0 Å². The second-order valence-corrected chi connectivity index (χ2v) is 8.09. The average Bonchev–Trinajstić information content (AvgIpc) is 2.95. The smallest absolute Gasteiger partial charge is 0.308 e. The number of rotatable bonds is 2. The van der Waals surface area contributed by atoms with Gasteiger partial charge in [0.2, 0.25) is 0 Å². The topological polar surface area (TPSA) is 65.1 Å². The number of ether oxygens (including phenoxy) is 3. The van der Waals surface area contributed by atoms with Gasteiger partial charge >= 0.3 is 11.9 Å². The van der Waals surface area contributed by atoms with Gasteiger partial charge in [-0.3, -0.25) is 9.59 Å². The molecule has 1 fully saturated rings. The zero-order chi connectivity index (χ0) is 18.9. The second kappa shape index (κ2) is 6.49. The summed E-state index contributed by atoms with van der Waals surface area (Å²) in [6.07, 6.45) is 5.31. The molecule has 1 aromatic rings. The fraction of sp³-hybridized carbons (Fsp3) is 0.524. The van der Waals surface area contributed by atoms with Gasteiger partial charge in [-0.15, -0.1) is 12.4 Å². The van der Waals surface area contributed by atoms with E-state index in [1.165, 1.54) is 19.4 Å². The van der Waals surface area contributed by atoms with Gasteiger partial charge in [-0.2, -0.15) is 0 Å². The molecule has 2 heterocycles. The number of halogens is 1. The summed E-state index contributed by atoms with van der Waals surface area (Å²) < 4.78 is 17.5. The van der Waals surface area contributed by atoms with E-state index in [9.17, 15) is 9.59 Å². The summed E-state index contributed by atoms with van der Waals surface area (Å²) >= 11 is 0. The number of nitrogens with zero attached hydrogens (tertiary/aromatic N) is 1. The Morgan fingerprint density at radius 3 is 2.71 bits per heavy atom. The van der Waals surface area contributed by atoms with Gasteiger partial charge in [-0.1, -0.05) is 12.1 Å². The lowest BCUT2D eigenvalue weighted by atomic mass is 9.53. The molecule has 0 saturated carbocycles. The highest BCUT2D eigenvalue weighted by Gasteiger charge is 2.65. The predicted octanol–water partition coefficient (Wildman–Crippen LogP) is 2.41. The molecule has 1 spiro atoms. The molecular weight excluding hydrogens is 382 g/mol. The minimum absolute atomic E-state index is 0. The molecule has 5 rings (SSSR count). The van der Waals surface area contributed by atoms with Crippen molar-refractivity contribution in [1.82, 2.24) is 4.90 Å². The first kappa shape index (κ1) is 19.3. The number of benzene rings is 1. The maximum absolute atomic E-state index is 11.7. The average molecular weight is 406 g/mol. The first-order chi connectivity index (χ1) is 12.9. The van der Waals surface area contributed by atoms with Crippen molar-refractivity contribution in [3.8, 4) is 11.5 Å². The van der Waals surface area contributed by atoms with Crippen LogP contribution in [0.4, 0.5) is 0 Å². The zero-order valence-electron chi connectivity index (χ0n) is 16.1. The van der Waals surface area contributed by atoms with Gasteiger partial charge in [0.1, 0.15) is 6.10 Å². The predicted molar refractivity (Wildman–Crippen MR) is 104 cm³/mol. The van der Waals surface area contributed by atoms with Gasteiger partial charge in [-0.05, 0) is 44.1 Å². The van der Waals surface area contributed by atoms with Crippen LogP contribution in [0.2, 0.25) is 0 Å². The number of piperidine rings is 1. The SMILES string of the molecule is CC(=O)Oc1ccc2c3c1OC1C(OC(C)=O)C=C[C@H]4[C@@H](C2)N(C)CC[C@]314.Cl. The molecule has 28 heavy (non-hydrogen) atoms. The van der Waals surface area contributed by atoms with Crippen LogP contribution in [0.1, 0.15) is 31.4 Å². The van der Waals surface area contributed by atoms with Crippen LogP contribution in [0.15, 0.2) is 24.3 Å². The fourth-order valence-electron chi connectivity index (χ4n) is 5.74. The third-order valence-corrected chi connectivity index (χ3v) is 6.67. The van der Waals surface area contributed by atoms with Gasteiger partial charge in [-0.25, -0.2) is 0 Å². The summed E-state index contributed by atoms with van der Waals surface area (Å²) in [5.41, 5.74) is 2.15. The third kappa shape index (κ3) is 2.44. The normalized spacial score (nSPS) is 34.0. The maximum atomic E-state index is 11.7. The molecule has 150 valence electrons. The molecular formula is C21H24ClNO5. The molecule has 0 amide bonds.